The minimum Gasteiger partial charge on any atom is -0.457 e. The number of esters is 1. The Bertz CT molecular complexity index is 1650. The van der Waals surface area contributed by atoms with E-state index in [-0.39, 0.29) is 35.9 Å². The Morgan fingerprint density at radius 1 is 1.00 bits per heavy atom. The SMILES string of the molecule is COCC(=O)O[C@]1(CCN(C)CCCCn2c(=O)n(Cc3ccccc3)c3ccccc32)CCc2cc(F)ccc2[C@@H]1C(C)C. The van der Waals surface area contributed by atoms with E-state index in [1.165, 1.54) is 13.2 Å². The smallest absolute Gasteiger partial charge is 0.332 e. The van der Waals surface area contributed by atoms with Crippen LogP contribution in [0.15, 0.2) is 77.6 Å². The highest BCUT2D eigenvalue weighted by atomic mass is 19.1. The average Bonchev–Trinajstić information content (AvgIpc) is 3.28. The number of nitrogens with zero attached hydrogens (tertiary/aromatic N) is 3. The number of imidazole rings is 1. The lowest BCUT2D eigenvalue weighted by molar-refractivity contribution is -0.172. The second-order valence-electron chi connectivity index (χ2n) is 12.8. The third-order valence-corrected chi connectivity index (χ3v) is 9.27. The van der Waals surface area contributed by atoms with E-state index in [0.717, 1.165) is 53.7 Å². The quantitative estimate of drug-likeness (QED) is 0.121. The first-order chi connectivity index (χ1) is 21.7. The molecule has 3 aromatic carbocycles. The molecular formula is C37H46FN3O4. The maximum Gasteiger partial charge on any atom is 0.332 e. The van der Waals surface area contributed by atoms with Crippen molar-refractivity contribution in [2.45, 2.75) is 70.6 Å². The highest BCUT2D eigenvalue weighted by molar-refractivity contribution is 5.76. The van der Waals surface area contributed by atoms with Gasteiger partial charge in [-0.1, -0.05) is 62.4 Å². The van der Waals surface area contributed by atoms with Gasteiger partial charge >= 0.3 is 11.7 Å². The van der Waals surface area contributed by atoms with E-state index in [0.29, 0.717) is 32.4 Å². The summed E-state index contributed by atoms with van der Waals surface area (Å²) in [5.41, 5.74) is 4.41. The van der Waals surface area contributed by atoms with Crippen molar-refractivity contribution in [1.29, 1.82) is 0 Å². The van der Waals surface area contributed by atoms with Gasteiger partial charge in [0.1, 0.15) is 18.0 Å². The van der Waals surface area contributed by atoms with Crippen LogP contribution < -0.4 is 5.69 Å². The molecule has 0 fully saturated rings. The fraction of sp³-hybridized carbons (Fsp3) is 0.459. The zero-order chi connectivity index (χ0) is 32.0. The summed E-state index contributed by atoms with van der Waals surface area (Å²) in [7, 11) is 3.59. The van der Waals surface area contributed by atoms with Gasteiger partial charge in [0, 0.05) is 32.5 Å². The monoisotopic (exact) mass is 615 g/mol. The molecule has 0 bridgehead atoms. The molecular weight excluding hydrogens is 569 g/mol. The number of rotatable bonds is 14. The third-order valence-electron chi connectivity index (χ3n) is 9.27. The lowest BCUT2D eigenvalue weighted by Crippen LogP contribution is -2.49. The zero-order valence-electron chi connectivity index (χ0n) is 27.0. The van der Waals surface area contributed by atoms with Gasteiger partial charge < -0.3 is 14.4 Å². The van der Waals surface area contributed by atoms with Crippen molar-refractivity contribution in [2.24, 2.45) is 5.92 Å². The predicted molar refractivity (Wildman–Crippen MR) is 176 cm³/mol. The molecule has 1 heterocycles. The molecule has 0 spiro atoms. The summed E-state index contributed by atoms with van der Waals surface area (Å²) in [5, 5.41) is 0. The average molecular weight is 616 g/mol. The van der Waals surface area contributed by atoms with E-state index < -0.39 is 5.60 Å². The summed E-state index contributed by atoms with van der Waals surface area (Å²) >= 11 is 0. The van der Waals surface area contributed by atoms with Gasteiger partial charge in [-0.15, -0.1) is 0 Å². The summed E-state index contributed by atoms with van der Waals surface area (Å²) in [6.45, 7) is 6.98. The summed E-state index contributed by atoms with van der Waals surface area (Å²) in [6, 6.07) is 23.1. The van der Waals surface area contributed by atoms with Crippen molar-refractivity contribution in [3.63, 3.8) is 0 Å². The van der Waals surface area contributed by atoms with Crippen molar-refractivity contribution >= 4 is 17.0 Å². The normalized spacial score (nSPS) is 18.1. The number of hydrogen-bond donors (Lipinski definition) is 0. The van der Waals surface area contributed by atoms with Gasteiger partial charge in [-0.2, -0.15) is 0 Å². The molecule has 4 aromatic rings. The Labute approximate surface area is 265 Å². The minimum atomic E-state index is -0.698. The van der Waals surface area contributed by atoms with Crippen LogP contribution in [0.5, 0.6) is 0 Å². The van der Waals surface area contributed by atoms with Crippen LogP contribution >= 0.6 is 0 Å². The topological polar surface area (TPSA) is 65.7 Å². The van der Waals surface area contributed by atoms with Crippen molar-refractivity contribution in [2.75, 3.05) is 33.9 Å². The Morgan fingerprint density at radius 2 is 1.71 bits per heavy atom. The van der Waals surface area contributed by atoms with Crippen LogP contribution in [-0.2, 0) is 33.8 Å². The summed E-state index contributed by atoms with van der Waals surface area (Å²) in [4.78, 5) is 28.6. The highest BCUT2D eigenvalue weighted by Gasteiger charge is 2.47. The van der Waals surface area contributed by atoms with Gasteiger partial charge in [0.25, 0.3) is 0 Å². The first kappa shape index (κ1) is 32.6. The fourth-order valence-corrected chi connectivity index (χ4v) is 7.22. The standard InChI is InChI=1S/C37H46FN3O4/c1-27(2)35-31-17-16-30(38)24-29(31)18-19-37(35,45-34(42)26-44-4)20-23-39(3)21-10-11-22-40-32-14-8-9-15-33(32)41(36(40)43)25-28-12-6-5-7-13-28/h5-9,12-17,24,27,35H,10-11,18-23,25-26H2,1-4H3/t35-,37-/m0/s1. The first-order valence-corrected chi connectivity index (χ1v) is 16.1. The Kier molecular flexibility index (Phi) is 10.6. The number of benzene rings is 3. The number of aromatic nitrogens is 2. The number of fused-ring (bicyclic) bond motifs is 2. The van der Waals surface area contributed by atoms with E-state index >= 15 is 0 Å². The number of hydrogen-bond acceptors (Lipinski definition) is 5. The van der Waals surface area contributed by atoms with Crippen LogP contribution in [0.25, 0.3) is 11.0 Å². The molecule has 45 heavy (non-hydrogen) atoms. The Balaban J connectivity index is 1.24. The van der Waals surface area contributed by atoms with Gasteiger partial charge in [-0.25, -0.2) is 14.0 Å². The molecule has 0 radical (unpaired) electrons. The largest absolute Gasteiger partial charge is 0.457 e. The van der Waals surface area contributed by atoms with Gasteiger partial charge in [0.15, 0.2) is 0 Å². The van der Waals surface area contributed by atoms with Crippen LogP contribution in [0.1, 0.15) is 62.1 Å². The first-order valence-electron chi connectivity index (χ1n) is 16.1. The number of carbonyl (C=O) groups excluding carboxylic acids is 1. The van der Waals surface area contributed by atoms with Crippen molar-refractivity contribution < 1.29 is 18.7 Å². The van der Waals surface area contributed by atoms with E-state index in [1.54, 1.807) is 6.07 Å². The molecule has 7 nitrogen and oxygen atoms in total. The molecule has 240 valence electrons. The van der Waals surface area contributed by atoms with Gasteiger partial charge in [0.05, 0.1) is 17.6 Å². The van der Waals surface area contributed by atoms with Gasteiger partial charge in [-0.3, -0.25) is 9.13 Å². The molecule has 1 aromatic heterocycles. The van der Waals surface area contributed by atoms with Crippen LogP contribution in [0.4, 0.5) is 4.39 Å². The Morgan fingerprint density at radius 3 is 2.42 bits per heavy atom. The number of aryl methyl sites for hydroxylation is 2. The van der Waals surface area contributed by atoms with E-state index in [4.69, 9.17) is 9.47 Å². The minimum absolute atomic E-state index is 0.0189. The number of unbranched alkanes of at least 4 members (excludes halogenated alkanes) is 1. The van der Waals surface area contributed by atoms with Gasteiger partial charge in [-0.05, 0) is 86.1 Å². The molecule has 1 aliphatic carbocycles. The van der Waals surface area contributed by atoms with E-state index in [2.05, 4.69) is 25.8 Å². The predicted octanol–water partition coefficient (Wildman–Crippen LogP) is 6.41. The maximum atomic E-state index is 14.1. The maximum absolute atomic E-state index is 14.1. The number of carbonyl (C=O) groups is 1. The van der Waals surface area contributed by atoms with Crippen molar-refractivity contribution in [3.8, 4) is 0 Å². The number of ether oxygens (including phenoxy) is 2. The zero-order valence-corrected chi connectivity index (χ0v) is 27.0. The van der Waals surface area contributed by atoms with Crippen LogP contribution in [-0.4, -0.2) is 59.5 Å². The van der Waals surface area contributed by atoms with Crippen LogP contribution in [0.3, 0.4) is 0 Å². The highest BCUT2D eigenvalue weighted by Crippen LogP contribution is 2.48. The van der Waals surface area contributed by atoms with Crippen LogP contribution in [0.2, 0.25) is 0 Å². The number of halogens is 1. The molecule has 0 amide bonds. The van der Waals surface area contributed by atoms with E-state index in [9.17, 15) is 14.0 Å². The second kappa shape index (κ2) is 14.6. The lowest BCUT2D eigenvalue weighted by Gasteiger charge is -2.47. The molecule has 0 aliphatic heterocycles. The summed E-state index contributed by atoms with van der Waals surface area (Å²) in [5.74, 6) is -0.454. The van der Waals surface area contributed by atoms with Gasteiger partial charge in [0.2, 0.25) is 0 Å². The van der Waals surface area contributed by atoms with E-state index in [1.807, 2.05) is 69.8 Å². The van der Waals surface area contributed by atoms with Crippen LogP contribution in [0, 0.1) is 11.7 Å². The molecule has 2 atom stereocenters. The lowest BCUT2D eigenvalue weighted by atomic mass is 9.65. The summed E-state index contributed by atoms with van der Waals surface area (Å²) < 4.78 is 29.3. The van der Waals surface area contributed by atoms with Crippen molar-refractivity contribution in [1.82, 2.24) is 14.0 Å². The Hall–Kier alpha value is -3.75. The number of para-hydroxylation sites is 2. The molecule has 0 unspecified atom stereocenters. The summed E-state index contributed by atoms with van der Waals surface area (Å²) in [6.07, 6.45) is 3.77. The molecule has 8 heteroatoms. The second-order valence-corrected chi connectivity index (χ2v) is 12.8. The van der Waals surface area contributed by atoms with Crippen molar-refractivity contribution in [3.05, 3.63) is 106 Å². The molecule has 0 N–H and O–H groups in total. The molecule has 5 rings (SSSR count). The third kappa shape index (κ3) is 7.39. The molecule has 1 aliphatic rings. The fourth-order valence-electron chi connectivity index (χ4n) is 7.22. The number of methoxy groups -OCH3 is 1. The molecule has 0 saturated carbocycles. The molecule has 0 saturated heterocycles.